The van der Waals surface area contributed by atoms with Crippen LogP contribution >= 0.6 is 0 Å². The van der Waals surface area contributed by atoms with E-state index in [-0.39, 0.29) is 11.9 Å². The van der Waals surface area contributed by atoms with E-state index in [9.17, 15) is 9.59 Å². The second-order valence-corrected chi connectivity index (χ2v) is 7.40. The maximum absolute atomic E-state index is 12.0. The van der Waals surface area contributed by atoms with Crippen molar-refractivity contribution in [3.8, 4) is 5.69 Å². The van der Waals surface area contributed by atoms with Gasteiger partial charge in [-0.3, -0.25) is 14.3 Å². The molecule has 0 unspecified atom stereocenters. The fourth-order valence-electron chi connectivity index (χ4n) is 3.81. The van der Waals surface area contributed by atoms with Gasteiger partial charge in [0.15, 0.2) is 0 Å². The van der Waals surface area contributed by atoms with Crippen molar-refractivity contribution < 1.29 is 19.1 Å². The van der Waals surface area contributed by atoms with Gasteiger partial charge in [-0.25, -0.2) is 9.78 Å². The van der Waals surface area contributed by atoms with Crippen LogP contribution in [0.3, 0.4) is 0 Å². The third kappa shape index (κ3) is 4.54. The molecule has 31 heavy (non-hydrogen) atoms. The minimum Gasteiger partial charge on any atom is -0.468 e. The molecule has 1 saturated heterocycles. The Bertz CT molecular complexity index is 1090. The summed E-state index contributed by atoms with van der Waals surface area (Å²) < 4.78 is 11.9. The highest BCUT2D eigenvalue weighted by Gasteiger charge is 2.20. The molecule has 1 aliphatic rings. The number of methoxy groups -OCH3 is 1. The molecule has 8 heteroatoms. The number of esters is 2. The van der Waals surface area contributed by atoms with E-state index in [1.165, 1.54) is 7.11 Å². The van der Waals surface area contributed by atoms with E-state index in [1.54, 1.807) is 25.4 Å². The zero-order valence-electron chi connectivity index (χ0n) is 17.8. The maximum atomic E-state index is 12.0. The molecule has 0 aliphatic carbocycles. The highest BCUT2D eigenvalue weighted by molar-refractivity contribution is 5.94. The number of aromatic nitrogens is 2. The average molecular weight is 422 g/mol. The summed E-state index contributed by atoms with van der Waals surface area (Å²) in [5.74, 6) is -0.541. The van der Waals surface area contributed by atoms with Crippen LogP contribution in [0.5, 0.6) is 0 Å². The number of hydrogen-bond donors (Lipinski definition) is 0. The summed E-state index contributed by atoms with van der Waals surface area (Å²) in [4.78, 5) is 32.4. The molecule has 2 aromatic carbocycles. The summed E-state index contributed by atoms with van der Waals surface area (Å²) >= 11 is 0. The number of hydrogen-bond acceptors (Lipinski definition) is 7. The van der Waals surface area contributed by atoms with Crippen molar-refractivity contribution >= 4 is 28.7 Å². The third-order valence-electron chi connectivity index (χ3n) is 5.48. The molecule has 8 nitrogen and oxygen atoms in total. The Morgan fingerprint density at radius 1 is 1.03 bits per heavy atom. The molecule has 0 bridgehead atoms. The van der Waals surface area contributed by atoms with Gasteiger partial charge in [-0.15, -0.1) is 0 Å². The number of rotatable bonds is 6. The number of carbonyl (C=O) groups excluding carboxylic acids is 2. The van der Waals surface area contributed by atoms with Crippen molar-refractivity contribution in [3.63, 3.8) is 0 Å². The highest BCUT2D eigenvalue weighted by Crippen LogP contribution is 2.24. The molecule has 0 saturated carbocycles. The Morgan fingerprint density at radius 2 is 1.81 bits per heavy atom. The van der Waals surface area contributed by atoms with Gasteiger partial charge in [0.05, 0.1) is 36.9 Å². The Balaban J connectivity index is 1.52. The van der Waals surface area contributed by atoms with E-state index in [0.717, 1.165) is 48.6 Å². The molecule has 0 spiro atoms. The monoisotopic (exact) mass is 422 g/mol. The molecule has 0 amide bonds. The van der Waals surface area contributed by atoms with Crippen LogP contribution in [0.2, 0.25) is 0 Å². The smallest absolute Gasteiger partial charge is 0.338 e. The maximum Gasteiger partial charge on any atom is 0.338 e. The molecule has 0 N–H and O–H groups in total. The van der Waals surface area contributed by atoms with Gasteiger partial charge < -0.3 is 14.4 Å². The molecule has 3 aromatic rings. The standard InChI is InChI=1S/C23H26N4O4/c1-3-31-23(29)17-7-8-21-20(13-17)24-16-27(21)19-6-4-5-18(14-19)26-11-9-25(10-12-26)15-22(28)30-2/h4-8,13-14,16H,3,9-12,15H2,1-2H3. The largest absolute Gasteiger partial charge is 0.468 e. The van der Waals surface area contributed by atoms with E-state index in [2.05, 4.69) is 26.9 Å². The van der Waals surface area contributed by atoms with Gasteiger partial charge in [-0.2, -0.15) is 0 Å². The van der Waals surface area contributed by atoms with Crippen LogP contribution in [0.4, 0.5) is 5.69 Å². The summed E-state index contributed by atoms with van der Waals surface area (Å²) in [6.45, 7) is 5.77. The predicted octanol–water partition coefficient (Wildman–Crippen LogP) is 2.50. The van der Waals surface area contributed by atoms with Crippen molar-refractivity contribution in [2.45, 2.75) is 6.92 Å². The Morgan fingerprint density at radius 3 is 2.55 bits per heavy atom. The minimum atomic E-state index is -0.340. The van der Waals surface area contributed by atoms with Gasteiger partial charge in [0.1, 0.15) is 6.33 Å². The lowest BCUT2D eigenvalue weighted by Gasteiger charge is -2.35. The molecule has 1 aliphatic heterocycles. The number of fused-ring (bicyclic) bond motifs is 1. The number of imidazole rings is 1. The van der Waals surface area contributed by atoms with Crippen molar-refractivity contribution in [2.24, 2.45) is 0 Å². The molecule has 0 atom stereocenters. The number of benzene rings is 2. The normalized spacial score (nSPS) is 14.6. The van der Waals surface area contributed by atoms with Crippen molar-refractivity contribution in [3.05, 3.63) is 54.4 Å². The lowest BCUT2D eigenvalue weighted by Crippen LogP contribution is -2.48. The van der Waals surface area contributed by atoms with E-state index >= 15 is 0 Å². The van der Waals surface area contributed by atoms with E-state index < -0.39 is 0 Å². The van der Waals surface area contributed by atoms with Crippen LogP contribution in [0.15, 0.2) is 48.8 Å². The second kappa shape index (κ2) is 9.18. The topological polar surface area (TPSA) is 76.9 Å². The zero-order chi connectivity index (χ0) is 21.8. The minimum absolute atomic E-state index is 0.200. The van der Waals surface area contributed by atoms with E-state index in [1.807, 2.05) is 22.8 Å². The molecule has 4 rings (SSSR count). The van der Waals surface area contributed by atoms with E-state index in [4.69, 9.17) is 9.47 Å². The number of anilines is 1. The van der Waals surface area contributed by atoms with Gasteiger partial charge in [-0.1, -0.05) is 6.07 Å². The van der Waals surface area contributed by atoms with Gasteiger partial charge >= 0.3 is 11.9 Å². The van der Waals surface area contributed by atoms with Crippen molar-refractivity contribution in [2.75, 3.05) is 51.3 Å². The molecule has 162 valence electrons. The van der Waals surface area contributed by atoms with Crippen LogP contribution in [-0.2, 0) is 14.3 Å². The summed E-state index contributed by atoms with van der Waals surface area (Å²) in [6.07, 6.45) is 1.77. The lowest BCUT2D eigenvalue weighted by molar-refractivity contribution is -0.142. The SMILES string of the molecule is CCOC(=O)c1ccc2c(c1)ncn2-c1cccc(N2CCN(CC(=O)OC)CC2)c1. The fourth-order valence-corrected chi connectivity index (χ4v) is 3.81. The second-order valence-electron chi connectivity index (χ2n) is 7.40. The summed E-state index contributed by atoms with van der Waals surface area (Å²) in [7, 11) is 1.42. The summed E-state index contributed by atoms with van der Waals surface area (Å²) in [6, 6.07) is 13.7. The van der Waals surface area contributed by atoms with Crippen LogP contribution in [0.25, 0.3) is 16.7 Å². The number of ether oxygens (including phenoxy) is 2. The van der Waals surface area contributed by atoms with Gasteiger partial charge in [-0.05, 0) is 43.3 Å². The van der Waals surface area contributed by atoms with Crippen LogP contribution < -0.4 is 4.90 Å². The molecule has 1 aromatic heterocycles. The average Bonchev–Trinajstić information content (AvgIpc) is 3.23. The fraction of sp³-hybridized carbons (Fsp3) is 0.348. The highest BCUT2D eigenvalue weighted by atomic mass is 16.5. The lowest BCUT2D eigenvalue weighted by atomic mass is 10.2. The zero-order valence-corrected chi connectivity index (χ0v) is 17.8. The third-order valence-corrected chi connectivity index (χ3v) is 5.48. The van der Waals surface area contributed by atoms with Crippen LogP contribution in [-0.4, -0.2) is 72.8 Å². The van der Waals surface area contributed by atoms with Gasteiger partial charge in [0.2, 0.25) is 0 Å². The van der Waals surface area contributed by atoms with Crippen LogP contribution in [0.1, 0.15) is 17.3 Å². The summed E-state index contributed by atoms with van der Waals surface area (Å²) in [5.41, 5.74) is 4.29. The van der Waals surface area contributed by atoms with Crippen molar-refractivity contribution in [1.82, 2.24) is 14.5 Å². The number of nitrogens with zero attached hydrogens (tertiary/aromatic N) is 4. The molecular weight excluding hydrogens is 396 g/mol. The molecule has 1 fully saturated rings. The van der Waals surface area contributed by atoms with Gasteiger partial charge in [0.25, 0.3) is 0 Å². The first-order valence-corrected chi connectivity index (χ1v) is 10.4. The number of carbonyl (C=O) groups is 2. The molecule has 2 heterocycles. The Labute approximate surface area is 181 Å². The first kappa shape index (κ1) is 20.9. The Hall–Kier alpha value is -3.39. The Kier molecular flexibility index (Phi) is 6.18. The molecule has 0 radical (unpaired) electrons. The first-order chi connectivity index (χ1) is 15.1. The molecular formula is C23H26N4O4. The first-order valence-electron chi connectivity index (χ1n) is 10.4. The van der Waals surface area contributed by atoms with E-state index in [0.29, 0.717) is 18.7 Å². The van der Waals surface area contributed by atoms with Crippen molar-refractivity contribution in [1.29, 1.82) is 0 Å². The summed E-state index contributed by atoms with van der Waals surface area (Å²) in [5, 5.41) is 0. The number of piperazine rings is 1. The van der Waals surface area contributed by atoms with Crippen LogP contribution in [0, 0.1) is 0 Å². The van der Waals surface area contributed by atoms with Gasteiger partial charge in [0, 0.05) is 37.6 Å². The predicted molar refractivity (Wildman–Crippen MR) is 118 cm³/mol. The quantitative estimate of drug-likeness (QED) is 0.565.